The van der Waals surface area contributed by atoms with Crippen LogP contribution in [-0.2, 0) is 12.5 Å². The highest BCUT2D eigenvalue weighted by Gasteiger charge is 2.43. The second kappa shape index (κ2) is 6.32. The fourth-order valence-corrected chi connectivity index (χ4v) is 3.14. The predicted octanol–water partition coefficient (Wildman–Crippen LogP) is 2.11. The van der Waals surface area contributed by atoms with Crippen LogP contribution in [0.25, 0.3) is 0 Å². The number of benzene rings is 1. The van der Waals surface area contributed by atoms with Gasteiger partial charge in [0.1, 0.15) is 11.4 Å². The molecule has 1 aromatic heterocycles. The average molecular weight is 390 g/mol. The van der Waals surface area contributed by atoms with Crippen molar-refractivity contribution in [2.24, 2.45) is 12.0 Å². The van der Waals surface area contributed by atoms with Crippen LogP contribution in [0.2, 0.25) is 0 Å². The van der Waals surface area contributed by atoms with Gasteiger partial charge in [-0.2, -0.15) is 0 Å². The summed E-state index contributed by atoms with van der Waals surface area (Å²) in [5, 5.41) is 16.6. The van der Waals surface area contributed by atoms with Crippen LogP contribution in [0.3, 0.4) is 0 Å². The first-order chi connectivity index (χ1) is 11.4. The molecule has 1 fully saturated rings. The molecule has 1 aliphatic rings. The molecule has 1 heterocycles. The molecule has 0 amide bonds. The fraction of sp³-hybridized carbons (Fsp3) is 0.294. The van der Waals surface area contributed by atoms with Gasteiger partial charge >= 0.3 is 11.6 Å². The zero-order chi connectivity index (χ0) is 17.3. The number of aromatic nitrogens is 2. The zero-order valence-electron chi connectivity index (χ0n) is 13.2. The Hall–Kier alpha value is -2.28. The van der Waals surface area contributed by atoms with E-state index >= 15 is 0 Å². The molecule has 0 aliphatic heterocycles. The quantitative estimate of drug-likeness (QED) is 0.494. The summed E-state index contributed by atoms with van der Waals surface area (Å²) in [7, 11) is 1.58. The Labute approximate surface area is 147 Å². The van der Waals surface area contributed by atoms with Gasteiger partial charge in [-0.1, -0.05) is 34.5 Å². The monoisotopic (exact) mass is 389 g/mol. The standard InChI is InChI=1S/C17H17BrN4O2/c1-22-10-11(9-20-16(22)24)14(23)21-15(19)17(7-2-8-17)12-3-5-13(18)6-4-12/h3-6,9-10H,2,7-8H2,1H3,(H2,19,21,23)/p+1. The summed E-state index contributed by atoms with van der Waals surface area (Å²) in [5.74, 6) is 0.140. The highest BCUT2D eigenvalue weighted by atomic mass is 79.9. The lowest BCUT2D eigenvalue weighted by molar-refractivity contribution is 0.336. The SMILES string of the molecule is Cn1cc(C([OH2+])=NC(=N)C2(c3ccc(Br)cc3)CCC2)cnc1=O. The van der Waals surface area contributed by atoms with Crippen molar-refractivity contribution in [2.75, 3.05) is 0 Å². The minimum atomic E-state index is -0.416. The van der Waals surface area contributed by atoms with Gasteiger partial charge in [0, 0.05) is 17.7 Å². The predicted molar refractivity (Wildman–Crippen MR) is 97.0 cm³/mol. The van der Waals surface area contributed by atoms with E-state index in [1.807, 2.05) is 24.3 Å². The Bertz CT molecular complexity index is 867. The van der Waals surface area contributed by atoms with Crippen molar-refractivity contribution in [1.82, 2.24) is 9.55 Å². The summed E-state index contributed by atoms with van der Waals surface area (Å²) < 4.78 is 2.30. The molecule has 3 N–H and O–H groups in total. The van der Waals surface area contributed by atoms with E-state index < -0.39 is 5.41 Å². The first kappa shape index (κ1) is 16.6. The van der Waals surface area contributed by atoms with Gasteiger partial charge in [-0.25, -0.2) is 9.78 Å². The molecule has 0 unspecified atom stereocenters. The molecule has 1 aromatic carbocycles. The first-order valence-corrected chi connectivity index (χ1v) is 8.40. The number of aliphatic imine (C=N–C) groups is 1. The number of amidine groups is 1. The molecule has 0 atom stereocenters. The maximum absolute atomic E-state index is 11.3. The topological polar surface area (TPSA) is 94.0 Å². The van der Waals surface area contributed by atoms with E-state index in [0.29, 0.717) is 5.56 Å². The van der Waals surface area contributed by atoms with E-state index in [0.717, 1.165) is 29.3 Å². The Morgan fingerprint density at radius 3 is 2.58 bits per heavy atom. The number of halogens is 1. The molecular weight excluding hydrogens is 372 g/mol. The van der Waals surface area contributed by atoms with E-state index in [4.69, 9.17) is 10.5 Å². The molecule has 1 aliphatic carbocycles. The molecule has 124 valence electrons. The molecule has 24 heavy (non-hydrogen) atoms. The lowest BCUT2D eigenvalue weighted by atomic mass is 9.63. The maximum Gasteiger partial charge on any atom is 0.369 e. The van der Waals surface area contributed by atoms with Gasteiger partial charge in [0.2, 0.25) is 0 Å². The van der Waals surface area contributed by atoms with Crippen LogP contribution in [0.1, 0.15) is 30.4 Å². The fourth-order valence-electron chi connectivity index (χ4n) is 2.88. The lowest BCUT2D eigenvalue weighted by Crippen LogP contribution is -2.41. The molecule has 2 aromatic rings. The van der Waals surface area contributed by atoms with E-state index in [9.17, 15) is 4.79 Å². The zero-order valence-corrected chi connectivity index (χ0v) is 14.8. The van der Waals surface area contributed by atoms with E-state index in [1.165, 1.54) is 17.0 Å². The molecule has 1 saturated carbocycles. The molecule has 0 radical (unpaired) electrons. The van der Waals surface area contributed by atoms with Gasteiger partial charge in [0.25, 0.3) is 0 Å². The summed E-state index contributed by atoms with van der Waals surface area (Å²) in [6.45, 7) is 0. The summed E-state index contributed by atoms with van der Waals surface area (Å²) in [5.41, 5.74) is 0.678. The van der Waals surface area contributed by atoms with Gasteiger partial charge in [0.05, 0.1) is 11.6 Å². The van der Waals surface area contributed by atoms with Gasteiger partial charge in [-0.3, -0.25) is 5.41 Å². The number of aryl methyl sites for hydroxylation is 1. The molecule has 3 rings (SSSR count). The molecule has 0 saturated heterocycles. The summed E-state index contributed by atoms with van der Waals surface area (Å²) in [6.07, 6.45) is 5.60. The minimum Gasteiger partial charge on any atom is -0.578 e. The number of rotatable bonds is 3. The number of nitrogens with one attached hydrogen (secondary N) is 1. The van der Waals surface area contributed by atoms with E-state index in [1.54, 1.807) is 7.05 Å². The summed E-state index contributed by atoms with van der Waals surface area (Å²) in [6, 6.07) is 7.94. The Balaban J connectivity index is 1.92. The second-order valence-corrected chi connectivity index (χ2v) is 6.90. The Morgan fingerprint density at radius 1 is 1.38 bits per heavy atom. The van der Waals surface area contributed by atoms with Crippen LogP contribution in [0.15, 0.2) is 50.9 Å². The highest BCUT2D eigenvalue weighted by Crippen LogP contribution is 2.45. The smallest absolute Gasteiger partial charge is 0.369 e. The third-order valence-corrected chi connectivity index (χ3v) is 5.03. The molecule has 0 spiro atoms. The number of nitrogens with zero attached hydrogens (tertiary/aromatic N) is 3. The van der Waals surface area contributed by atoms with Crippen molar-refractivity contribution in [3.05, 3.63) is 62.7 Å². The van der Waals surface area contributed by atoms with Gasteiger partial charge in [-0.05, 0) is 30.5 Å². The van der Waals surface area contributed by atoms with Crippen molar-refractivity contribution in [2.45, 2.75) is 24.7 Å². The van der Waals surface area contributed by atoms with Crippen LogP contribution in [0.4, 0.5) is 0 Å². The van der Waals surface area contributed by atoms with Gasteiger partial charge < -0.3 is 9.67 Å². The third-order valence-electron chi connectivity index (χ3n) is 4.50. The van der Waals surface area contributed by atoms with E-state index in [2.05, 4.69) is 25.9 Å². The van der Waals surface area contributed by atoms with Crippen molar-refractivity contribution in [1.29, 1.82) is 5.41 Å². The lowest BCUT2D eigenvalue weighted by Gasteiger charge is -2.41. The van der Waals surface area contributed by atoms with Crippen LogP contribution in [-0.4, -0.2) is 26.4 Å². The van der Waals surface area contributed by atoms with Gasteiger partial charge in [-0.15, -0.1) is 4.99 Å². The molecular formula is C17H18BrN4O2+. The molecule has 0 bridgehead atoms. The highest BCUT2D eigenvalue weighted by molar-refractivity contribution is 9.10. The van der Waals surface area contributed by atoms with Gasteiger partial charge in [0.15, 0.2) is 0 Å². The van der Waals surface area contributed by atoms with Crippen LogP contribution >= 0.6 is 15.9 Å². The third kappa shape index (κ3) is 2.91. The van der Waals surface area contributed by atoms with Crippen LogP contribution in [0.5, 0.6) is 0 Å². The second-order valence-electron chi connectivity index (χ2n) is 5.99. The molecule has 7 heteroatoms. The Morgan fingerprint density at radius 2 is 2.04 bits per heavy atom. The van der Waals surface area contributed by atoms with Crippen LogP contribution < -0.4 is 5.69 Å². The summed E-state index contributed by atoms with van der Waals surface area (Å²) in [4.78, 5) is 19.3. The maximum atomic E-state index is 11.3. The normalized spacial score (nSPS) is 16.5. The largest absolute Gasteiger partial charge is 0.578 e. The Kier molecular flexibility index (Phi) is 4.36. The van der Waals surface area contributed by atoms with Crippen molar-refractivity contribution < 1.29 is 5.11 Å². The van der Waals surface area contributed by atoms with Crippen molar-refractivity contribution in [3.8, 4) is 0 Å². The minimum absolute atomic E-state index is 0.0495. The average Bonchev–Trinajstić information content (AvgIpc) is 2.50. The van der Waals surface area contributed by atoms with Crippen LogP contribution in [0, 0.1) is 5.41 Å². The number of hydrogen-bond acceptors (Lipinski definition) is 3. The van der Waals surface area contributed by atoms with E-state index in [-0.39, 0.29) is 17.4 Å². The van der Waals surface area contributed by atoms with Crippen molar-refractivity contribution >= 4 is 27.7 Å². The first-order valence-electron chi connectivity index (χ1n) is 7.61. The number of hydrogen-bond donors (Lipinski definition) is 1. The molecule has 6 nitrogen and oxygen atoms in total. The van der Waals surface area contributed by atoms with Crippen molar-refractivity contribution in [3.63, 3.8) is 0 Å². The summed E-state index contributed by atoms with van der Waals surface area (Å²) >= 11 is 3.43.